The fourth-order valence-electron chi connectivity index (χ4n) is 5.54. The summed E-state index contributed by atoms with van der Waals surface area (Å²) in [7, 11) is 1.86. The van der Waals surface area contributed by atoms with Crippen LogP contribution in [0.4, 0.5) is 5.69 Å². The standard InChI is InChI=1S/C27H28Cl3N5O3/c1-34-21-10-12-35(13-15-5-7-16(8-6-15)27(37)38)14-20(21)32-25(34)26(36)33-19-4-2-3-17(22(19)28)18-9-11-31-24(30)23(18)29/h2-4,9,11,15-16H,5-8,10,12-14H2,1H3,(H,33,36)(H,37,38)/t15-,16-. The quantitative estimate of drug-likeness (QED) is 0.352. The Hall–Kier alpha value is -2.65. The van der Waals surface area contributed by atoms with Gasteiger partial charge in [-0.2, -0.15) is 0 Å². The molecule has 3 heterocycles. The molecule has 3 aromatic rings. The minimum Gasteiger partial charge on any atom is -0.481 e. The normalized spacial score (nSPS) is 19.7. The zero-order chi connectivity index (χ0) is 27.0. The van der Waals surface area contributed by atoms with Crippen molar-refractivity contribution in [2.75, 3.05) is 18.4 Å². The molecule has 38 heavy (non-hydrogen) atoms. The van der Waals surface area contributed by atoms with E-state index in [9.17, 15) is 14.7 Å². The fourth-order valence-corrected chi connectivity index (χ4v) is 6.19. The molecule has 200 valence electrons. The molecule has 1 aliphatic carbocycles. The zero-order valence-electron chi connectivity index (χ0n) is 20.9. The molecule has 0 spiro atoms. The molecule has 0 saturated heterocycles. The van der Waals surface area contributed by atoms with Crippen LogP contribution >= 0.6 is 34.8 Å². The first-order valence-corrected chi connectivity index (χ1v) is 13.8. The second-order valence-electron chi connectivity index (χ2n) is 10.0. The third-order valence-corrected chi connectivity index (χ3v) is 8.81. The molecule has 1 aliphatic heterocycles. The van der Waals surface area contributed by atoms with E-state index in [1.807, 2.05) is 11.6 Å². The summed E-state index contributed by atoms with van der Waals surface area (Å²) in [6.45, 7) is 2.48. The van der Waals surface area contributed by atoms with Crippen molar-refractivity contribution < 1.29 is 14.7 Å². The first-order chi connectivity index (χ1) is 18.2. The Bertz CT molecular complexity index is 1380. The first kappa shape index (κ1) is 26.9. The largest absolute Gasteiger partial charge is 0.481 e. The molecule has 2 N–H and O–H groups in total. The van der Waals surface area contributed by atoms with Gasteiger partial charge in [-0.1, -0.05) is 46.9 Å². The third kappa shape index (κ3) is 5.41. The Morgan fingerprint density at radius 1 is 1.08 bits per heavy atom. The number of amides is 1. The second-order valence-corrected chi connectivity index (χ2v) is 11.1. The van der Waals surface area contributed by atoms with Crippen molar-refractivity contribution >= 4 is 52.4 Å². The van der Waals surface area contributed by atoms with E-state index >= 15 is 0 Å². The summed E-state index contributed by atoms with van der Waals surface area (Å²) in [5, 5.41) is 13.0. The Morgan fingerprint density at radius 2 is 1.82 bits per heavy atom. The van der Waals surface area contributed by atoms with Gasteiger partial charge in [-0.3, -0.25) is 14.5 Å². The van der Waals surface area contributed by atoms with Crippen LogP contribution < -0.4 is 5.32 Å². The molecular weight excluding hydrogens is 549 g/mol. The van der Waals surface area contributed by atoms with Gasteiger partial charge in [-0.15, -0.1) is 0 Å². The molecular formula is C27H28Cl3N5O3. The van der Waals surface area contributed by atoms with Gasteiger partial charge in [0.1, 0.15) is 5.15 Å². The smallest absolute Gasteiger partial charge is 0.306 e. The molecule has 11 heteroatoms. The molecule has 2 aliphatic rings. The van der Waals surface area contributed by atoms with E-state index in [1.54, 1.807) is 30.5 Å². The molecule has 1 amide bonds. The van der Waals surface area contributed by atoms with Crippen LogP contribution in [0, 0.1) is 11.8 Å². The number of hydrogen-bond donors (Lipinski definition) is 2. The number of anilines is 1. The van der Waals surface area contributed by atoms with E-state index in [-0.39, 0.29) is 22.0 Å². The summed E-state index contributed by atoms with van der Waals surface area (Å²) in [5.41, 5.74) is 3.65. The molecule has 2 aromatic heterocycles. The number of pyridine rings is 1. The van der Waals surface area contributed by atoms with Gasteiger partial charge in [-0.25, -0.2) is 9.97 Å². The molecule has 0 unspecified atom stereocenters. The maximum atomic E-state index is 13.3. The maximum Gasteiger partial charge on any atom is 0.306 e. The van der Waals surface area contributed by atoms with Gasteiger partial charge in [-0.05, 0) is 43.7 Å². The van der Waals surface area contributed by atoms with Crippen LogP contribution in [0.2, 0.25) is 15.2 Å². The van der Waals surface area contributed by atoms with E-state index in [2.05, 4.69) is 15.2 Å². The van der Waals surface area contributed by atoms with Gasteiger partial charge in [0.05, 0.1) is 27.3 Å². The second kappa shape index (κ2) is 11.2. The molecule has 8 nitrogen and oxygen atoms in total. The van der Waals surface area contributed by atoms with Crippen LogP contribution in [-0.4, -0.2) is 49.5 Å². The van der Waals surface area contributed by atoms with Crippen molar-refractivity contribution in [2.24, 2.45) is 18.9 Å². The molecule has 5 rings (SSSR count). The van der Waals surface area contributed by atoms with Gasteiger partial charge in [0.2, 0.25) is 0 Å². The van der Waals surface area contributed by atoms with Crippen molar-refractivity contribution in [1.82, 2.24) is 19.4 Å². The Morgan fingerprint density at radius 3 is 2.55 bits per heavy atom. The van der Waals surface area contributed by atoms with Gasteiger partial charge in [0, 0.05) is 56.1 Å². The van der Waals surface area contributed by atoms with E-state index in [0.29, 0.717) is 40.1 Å². The van der Waals surface area contributed by atoms with E-state index in [0.717, 1.165) is 56.6 Å². The summed E-state index contributed by atoms with van der Waals surface area (Å²) >= 11 is 19.1. The number of nitrogens with zero attached hydrogens (tertiary/aromatic N) is 4. The molecule has 1 fully saturated rings. The highest BCUT2D eigenvalue weighted by atomic mass is 35.5. The monoisotopic (exact) mass is 575 g/mol. The Labute approximate surface area is 235 Å². The molecule has 0 atom stereocenters. The number of nitrogens with one attached hydrogen (secondary N) is 1. The minimum atomic E-state index is -0.677. The summed E-state index contributed by atoms with van der Waals surface area (Å²) in [6.07, 6.45) is 5.72. The van der Waals surface area contributed by atoms with Crippen LogP contribution in [-0.2, 0) is 24.8 Å². The van der Waals surface area contributed by atoms with Crippen molar-refractivity contribution in [1.29, 1.82) is 0 Å². The topological polar surface area (TPSA) is 100 Å². The summed E-state index contributed by atoms with van der Waals surface area (Å²) in [5.74, 6) is -0.408. The Balaban J connectivity index is 1.28. The van der Waals surface area contributed by atoms with E-state index in [4.69, 9.17) is 39.8 Å². The highest BCUT2D eigenvalue weighted by Gasteiger charge is 2.30. The number of carbonyl (C=O) groups excluding carboxylic acids is 1. The maximum absolute atomic E-state index is 13.3. The van der Waals surface area contributed by atoms with Gasteiger partial charge in [0.25, 0.3) is 5.91 Å². The third-order valence-electron chi connectivity index (χ3n) is 7.63. The number of fused-ring (bicyclic) bond motifs is 1. The lowest BCUT2D eigenvalue weighted by Crippen LogP contribution is -2.36. The van der Waals surface area contributed by atoms with Gasteiger partial charge in [0.15, 0.2) is 5.82 Å². The van der Waals surface area contributed by atoms with Crippen LogP contribution in [0.15, 0.2) is 30.5 Å². The van der Waals surface area contributed by atoms with E-state index in [1.165, 1.54) is 0 Å². The lowest BCUT2D eigenvalue weighted by atomic mass is 9.81. The van der Waals surface area contributed by atoms with Gasteiger partial charge < -0.3 is 15.0 Å². The number of benzene rings is 1. The fraction of sp³-hybridized carbons (Fsp3) is 0.407. The Kier molecular flexibility index (Phi) is 7.95. The van der Waals surface area contributed by atoms with Crippen LogP contribution in [0.25, 0.3) is 11.1 Å². The average Bonchev–Trinajstić information content (AvgIpc) is 3.23. The summed E-state index contributed by atoms with van der Waals surface area (Å²) in [4.78, 5) is 35.6. The highest BCUT2D eigenvalue weighted by molar-refractivity contribution is 6.44. The molecule has 1 saturated carbocycles. The zero-order valence-corrected chi connectivity index (χ0v) is 23.2. The number of aliphatic carboxylic acids is 1. The highest BCUT2D eigenvalue weighted by Crippen LogP contribution is 2.39. The number of carboxylic acids is 1. The number of hydrogen-bond acceptors (Lipinski definition) is 5. The molecule has 1 aromatic carbocycles. The lowest BCUT2D eigenvalue weighted by Gasteiger charge is -2.33. The SMILES string of the molecule is Cn1c(C(=O)Nc2cccc(-c3ccnc(Cl)c3Cl)c2Cl)nc2c1CCN(C[C@H]1CC[C@H](C(=O)O)CC1)C2. The van der Waals surface area contributed by atoms with Gasteiger partial charge >= 0.3 is 5.97 Å². The van der Waals surface area contributed by atoms with Crippen molar-refractivity contribution in [3.63, 3.8) is 0 Å². The summed E-state index contributed by atoms with van der Waals surface area (Å²) in [6, 6.07) is 7.03. The number of carbonyl (C=O) groups is 2. The summed E-state index contributed by atoms with van der Waals surface area (Å²) < 4.78 is 1.86. The van der Waals surface area contributed by atoms with Crippen LogP contribution in [0.3, 0.4) is 0 Å². The predicted octanol–water partition coefficient (Wildman–Crippen LogP) is 5.94. The molecule has 0 radical (unpaired) electrons. The van der Waals surface area contributed by atoms with E-state index < -0.39 is 5.97 Å². The number of imidazole rings is 1. The van der Waals surface area contributed by atoms with Crippen LogP contribution in [0.5, 0.6) is 0 Å². The lowest BCUT2D eigenvalue weighted by molar-refractivity contribution is -0.143. The first-order valence-electron chi connectivity index (χ1n) is 12.6. The number of rotatable bonds is 6. The minimum absolute atomic E-state index is 0.176. The number of aromatic nitrogens is 3. The predicted molar refractivity (Wildman–Crippen MR) is 148 cm³/mol. The number of carboxylic acid groups (broad SMARTS) is 1. The van der Waals surface area contributed by atoms with Crippen molar-refractivity contribution in [3.8, 4) is 11.1 Å². The number of halogens is 3. The average molecular weight is 577 g/mol. The van der Waals surface area contributed by atoms with Crippen LogP contribution in [0.1, 0.15) is 47.7 Å². The van der Waals surface area contributed by atoms with Crippen molar-refractivity contribution in [2.45, 2.75) is 38.6 Å². The van der Waals surface area contributed by atoms with Crippen molar-refractivity contribution in [3.05, 3.63) is 62.9 Å². The molecule has 0 bridgehead atoms.